The van der Waals surface area contributed by atoms with Gasteiger partial charge in [-0.2, -0.15) is 0 Å². The zero-order chi connectivity index (χ0) is 16.4. The van der Waals surface area contributed by atoms with E-state index in [1.807, 2.05) is 38.1 Å². The molecule has 0 saturated heterocycles. The second-order valence-electron chi connectivity index (χ2n) is 6.23. The molecule has 1 N–H and O–H groups in total. The largest absolute Gasteiger partial charge is 0.326 e. The van der Waals surface area contributed by atoms with Crippen LogP contribution in [0.4, 0.5) is 0 Å². The van der Waals surface area contributed by atoms with E-state index in [-0.39, 0.29) is 11.3 Å². The number of pyridine rings is 1. The summed E-state index contributed by atoms with van der Waals surface area (Å²) in [7, 11) is 0. The lowest BCUT2D eigenvalue weighted by Gasteiger charge is -2.19. The number of benzene rings is 1. The van der Waals surface area contributed by atoms with Gasteiger partial charge in [0.15, 0.2) is 5.78 Å². The summed E-state index contributed by atoms with van der Waals surface area (Å²) in [5.41, 5.74) is 5.22. The van der Waals surface area contributed by atoms with Gasteiger partial charge in [0.1, 0.15) is 0 Å². The number of carbonyl (C=O) groups excluding carboxylic acids is 1. The van der Waals surface area contributed by atoms with Crippen LogP contribution < -0.4 is 5.56 Å². The van der Waals surface area contributed by atoms with Gasteiger partial charge in [-0.3, -0.25) is 9.59 Å². The fourth-order valence-corrected chi connectivity index (χ4v) is 3.23. The van der Waals surface area contributed by atoms with E-state index < -0.39 is 0 Å². The standard InChI is InChI=1S/C20H21NO2/c1-13-7-9-15(10-8-13)11-12-18(22)19-17-6-4-3-5-16(17)14(2)21-20(19)23/h7-12H,3-6H2,1-2H3,(H,21,23). The number of carbonyl (C=O) groups is 1. The molecule has 1 heterocycles. The van der Waals surface area contributed by atoms with Gasteiger partial charge in [0.25, 0.3) is 5.56 Å². The number of allylic oxidation sites excluding steroid dienone is 1. The fraction of sp³-hybridized carbons (Fsp3) is 0.300. The molecule has 2 aromatic rings. The van der Waals surface area contributed by atoms with E-state index in [9.17, 15) is 9.59 Å². The van der Waals surface area contributed by atoms with Gasteiger partial charge in [-0.15, -0.1) is 0 Å². The molecule has 1 aromatic heterocycles. The van der Waals surface area contributed by atoms with E-state index >= 15 is 0 Å². The Bertz CT molecular complexity index is 826. The van der Waals surface area contributed by atoms with Crippen LogP contribution in [0.1, 0.15) is 51.1 Å². The Morgan fingerprint density at radius 2 is 1.70 bits per heavy atom. The number of aryl methyl sites for hydroxylation is 2. The number of fused-ring (bicyclic) bond motifs is 1. The van der Waals surface area contributed by atoms with Crippen LogP contribution >= 0.6 is 0 Å². The maximum Gasteiger partial charge on any atom is 0.259 e. The van der Waals surface area contributed by atoms with E-state index in [2.05, 4.69) is 4.98 Å². The van der Waals surface area contributed by atoms with Crippen molar-refractivity contribution in [2.75, 3.05) is 0 Å². The molecule has 1 aromatic carbocycles. The minimum atomic E-state index is -0.262. The summed E-state index contributed by atoms with van der Waals surface area (Å²) >= 11 is 0. The van der Waals surface area contributed by atoms with E-state index in [0.717, 1.165) is 48.1 Å². The molecule has 0 amide bonds. The molecule has 1 aliphatic carbocycles. The first-order valence-corrected chi connectivity index (χ1v) is 8.10. The van der Waals surface area contributed by atoms with Crippen molar-refractivity contribution < 1.29 is 4.79 Å². The maximum atomic E-state index is 12.6. The van der Waals surface area contributed by atoms with Crippen LogP contribution in [0.3, 0.4) is 0 Å². The SMILES string of the molecule is Cc1ccc(C=CC(=O)c2c3c(c(C)[nH]c2=O)CCCC3)cc1. The van der Waals surface area contributed by atoms with Crippen molar-refractivity contribution in [1.82, 2.24) is 4.98 Å². The quantitative estimate of drug-likeness (QED) is 0.693. The van der Waals surface area contributed by atoms with Crippen LogP contribution in [0.25, 0.3) is 6.08 Å². The van der Waals surface area contributed by atoms with Gasteiger partial charge in [-0.05, 0) is 62.3 Å². The topological polar surface area (TPSA) is 49.9 Å². The Hall–Kier alpha value is -2.42. The number of aromatic amines is 1. The van der Waals surface area contributed by atoms with E-state index in [1.165, 1.54) is 11.6 Å². The van der Waals surface area contributed by atoms with Crippen molar-refractivity contribution in [3.63, 3.8) is 0 Å². The Labute approximate surface area is 136 Å². The summed E-state index contributed by atoms with van der Waals surface area (Å²) in [6, 6.07) is 7.94. The van der Waals surface area contributed by atoms with Crippen LogP contribution in [0.5, 0.6) is 0 Å². The minimum absolute atomic E-state index is 0.204. The number of rotatable bonds is 3. The lowest BCUT2D eigenvalue weighted by Crippen LogP contribution is -2.24. The Morgan fingerprint density at radius 3 is 2.39 bits per heavy atom. The Morgan fingerprint density at radius 1 is 1.04 bits per heavy atom. The number of ketones is 1. The molecule has 23 heavy (non-hydrogen) atoms. The van der Waals surface area contributed by atoms with Crippen LogP contribution in [-0.4, -0.2) is 10.8 Å². The molecule has 3 heteroatoms. The second-order valence-corrected chi connectivity index (χ2v) is 6.23. The predicted molar refractivity (Wildman–Crippen MR) is 93.0 cm³/mol. The molecule has 118 valence electrons. The molecule has 3 rings (SSSR count). The lowest BCUT2D eigenvalue weighted by atomic mass is 9.87. The van der Waals surface area contributed by atoms with E-state index in [0.29, 0.717) is 5.56 Å². The normalized spacial score (nSPS) is 14.0. The van der Waals surface area contributed by atoms with Crippen molar-refractivity contribution in [2.24, 2.45) is 0 Å². The summed E-state index contributed by atoms with van der Waals surface area (Å²) in [5, 5.41) is 0. The molecule has 0 radical (unpaired) electrons. The van der Waals surface area contributed by atoms with Gasteiger partial charge < -0.3 is 4.98 Å². The first-order valence-electron chi connectivity index (χ1n) is 8.10. The highest BCUT2D eigenvalue weighted by Gasteiger charge is 2.21. The van der Waals surface area contributed by atoms with Crippen LogP contribution in [0.15, 0.2) is 35.1 Å². The van der Waals surface area contributed by atoms with Gasteiger partial charge in [0.05, 0.1) is 5.56 Å². The number of aromatic nitrogens is 1. The van der Waals surface area contributed by atoms with Crippen molar-refractivity contribution in [3.8, 4) is 0 Å². The van der Waals surface area contributed by atoms with Crippen LogP contribution in [0, 0.1) is 13.8 Å². The third-order valence-electron chi connectivity index (χ3n) is 4.50. The summed E-state index contributed by atoms with van der Waals surface area (Å²) in [6.45, 7) is 3.94. The second kappa shape index (κ2) is 6.37. The summed E-state index contributed by atoms with van der Waals surface area (Å²) in [5.74, 6) is -0.204. The Kier molecular flexibility index (Phi) is 4.28. The van der Waals surface area contributed by atoms with E-state index in [1.54, 1.807) is 6.08 Å². The molecule has 3 nitrogen and oxygen atoms in total. The number of hydrogen-bond donors (Lipinski definition) is 1. The maximum absolute atomic E-state index is 12.6. The molecular formula is C20H21NO2. The van der Waals surface area contributed by atoms with Crippen LogP contribution in [-0.2, 0) is 12.8 Å². The Balaban J connectivity index is 1.96. The van der Waals surface area contributed by atoms with Gasteiger partial charge in [-0.25, -0.2) is 0 Å². The molecule has 0 unspecified atom stereocenters. The molecule has 0 atom stereocenters. The highest BCUT2D eigenvalue weighted by Crippen LogP contribution is 2.25. The monoisotopic (exact) mass is 307 g/mol. The third-order valence-corrected chi connectivity index (χ3v) is 4.50. The van der Waals surface area contributed by atoms with Gasteiger partial charge in [-0.1, -0.05) is 35.9 Å². The minimum Gasteiger partial charge on any atom is -0.326 e. The van der Waals surface area contributed by atoms with Gasteiger partial charge in [0, 0.05) is 5.69 Å². The number of hydrogen-bond acceptors (Lipinski definition) is 2. The molecule has 0 spiro atoms. The zero-order valence-corrected chi connectivity index (χ0v) is 13.6. The van der Waals surface area contributed by atoms with Gasteiger partial charge in [0.2, 0.25) is 0 Å². The highest BCUT2D eigenvalue weighted by molar-refractivity contribution is 6.07. The molecule has 0 bridgehead atoms. The van der Waals surface area contributed by atoms with Crippen LogP contribution in [0.2, 0.25) is 0 Å². The average Bonchev–Trinajstić information content (AvgIpc) is 2.54. The molecule has 0 aliphatic heterocycles. The van der Waals surface area contributed by atoms with E-state index in [4.69, 9.17) is 0 Å². The molecule has 0 fully saturated rings. The molecule has 0 saturated carbocycles. The first-order chi connectivity index (χ1) is 11.1. The van der Waals surface area contributed by atoms with Crippen molar-refractivity contribution in [1.29, 1.82) is 0 Å². The van der Waals surface area contributed by atoms with Crippen molar-refractivity contribution in [2.45, 2.75) is 39.5 Å². The number of nitrogens with one attached hydrogen (secondary N) is 1. The van der Waals surface area contributed by atoms with Gasteiger partial charge >= 0.3 is 0 Å². The first kappa shape index (κ1) is 15.5. The zero-order valence-electron chi connectivity index (χ0n) is 13.6. The smallest absolute Gasteiger partial charge is 0.259 e. The average molecular weight is 307 g/mol. The number of H-pyrrole nitrogens is 1. The summed E-state index contributed by atoms with van der Waals surface area (Å²) < 4.78 is 0. The predicted octanol–water partition coefficient (Wildman–Crippen LogP) is 3.77. The fourth-order valence-electron chi connectivity index (χ4n) is 3.23. The molecule has 1 aliphatic rings. The lowest BCUT2D eigenvalue weighted by molar-refractivity contribution is 0.104. The third kappa shape index (κ3) is 3.19. The van der Waals surface area contributed by atoms with Crippen molar-refractivity contribution >= 4 is 11.9 Å². The highest BCUT2D eigenvalue weighted by atomic mass is 16.1. The van der Waals surface area contributed by atoms with Crippen molar-refractivity contribution in [3.05, 3.63) is 74.2 Å². The molecular weight excluding hydrogens is 286 g/mol. The summed E-state index contributed by atoms with van der Waals surface area (Å²) in [6.07, 6.45) is 7.21. The summed E-state index contributed by atoms with van der Waals surface area (Å²) in [4.78, 5) is 27.7.